The van der Waals surface area contributed by atoms with Crippen molar-refractivity contribution in [1.82, 2.24) is 0 Å². The zero-order valence-electron chi connectivity index (χ0n) is 23.5. The molecule has 0 bridgehead atoms. The van der Waals surface area contributed by atoms with E-state index in [9.17, 15) is 20.1 Å². The molecule has 0 radical (unpaired) electrons. The molecule has 7 heteroatoms. The molecule has 0 aromatic rings. The maximum Gasteiger partial charge on any atom is 0.302 e. The lowest BCUT2D eigenvalue weighted by molar-refractivity contribution is -0.306. The van der Waals surface area contributed by atoms with Gasteiger partial charge in [0.05, 0.1) is 18.3 Å². The van der Waals surface area contributed by atoms with Crippen LogP contribution < -0.4 is 0 Å². The van der Waals surface area contributed by atoms with Gasteiger partial charge in [-0.05, 0) is 99.2 Å². The average Bonchev–Trinajstić information content (AvgIpc) is 3.31. The highest BCUT2D eigenvalue weighted by molar-refractivity contribution is 5.66. The Bertz CT molecular complexity index is 952. The minimum absolute atomic E-state index is 0.0407. The third-order valence-electron chi connectivity index (χ3n) is 12.9. The fraction of sp³-hybridized carbons (Fsp3) is 0.967. The number of esters is 1. The minimum Gasteiger partial charge on any atom is -0.463 e. The molecule has 2 saturated heterocycles. The normalized spacial score (nSPS) is 60.5. The quantitative estimate of drug-likeness (QED) is 0.476. The van der Waals surface area contributed by atoms with Crippen LogP contribution in [-0.4, -0.2) is 63.2 Å². The monoisotopic (exact) mass is 520 g/mol. The zero-order valence-corrected chi connectivity index (χ0v) is 23.5. The summed E-state index contributed by atoms with van der Waals surface area (Å²) in [7, 11) is 0. The van der Waals surface area contributed by atoms with Gasteiger partial charge in [0.25, 0.3) is 0 Å². The number of carbonyl (C=O) groups is 1. The first-order chi connectivity index (χ1) is 17.2. The maximum atomic E-state index is 12.3. The molecule has 0 aromatic heterocycles. The molecule has 4 saturated carbocycles. The van der Waals surface area contributed by atoms with Gasteiger partial charge >= 0.3 is 5.97 Å². The summed E-state index contributed by atoms with van der Waals surface area (Å²) in [5.74, 6) is -0.0742. The molecule has 7 nitrogen and oxygen atoms in total. The molecule has 210 valence electrons. The van der Waals surface area contributed by atoms with Gasteiger partial charge in [-0.2, -0.15) is 0 Å². The van der Waals surface area contributed by atoms with Crippen molar-refractivity contribution in [2.75, 3.05) is 6.61 Å². The van der Waals surface area contributed by atoms with Crippen molar-refractivity contribution in [3.05, 3.63) is 0 Å². The van der Waals surface area contributed by atoms with Crippen LogP contribution in [0.25, 0.3) is 0 Å². The molecule has 0 aromatic carbocycles. The predicted octanol–water partition coefficient (Wildman–Crippen LogP) is 3.81. The Morgan fingerprint density at radius 1 is 1.03 bits per heavy atom. The molecule has 6 rings (SSSR count). The molecule has 1 spiro atoms. The maximum absolute atomic E-state index is 12.3. The van der Waals surface area contributed by atoms with Crippen molar-refractivity contribution in [2.45, 2.75) is 128 Å². The van der Waals surface area contributed by atoms with Gasteiger partial charge in [-0.15, -0.1) is 0 Å². The van der Waals surface area contributed by atoms with Gasteiger partial charge < -0.3 is 29.5 Å². The Balaban J connectivity index is 1.29. The first-order valence-corrected chi connectivity index (χ1v) is 14.8. The summed E-state index contributed by atoms with van der Waals surface area (Å²) < 4.78 is 18.8. The summed E-state index contributed by atoms with van der Waals surface area (Å²) in [4.78, 5) is 11.5. The highest BCUT2D eigenvalue weighted by Gasteiger charge is 2.77. The lowest BCUT2D eigenvalue weighted by Gasteiger charge is -2.63. The van der Waals surface area contributed by atoms with E-state index < -0.39 is 23.1 Å². The molecule has 6 fully saturated rings. The van der Waals surface area contributed by atoms with Gasteiger partial charge in [0.15, 0.2) is 5.79 Å². The summed E-state index contributed by atoms with van der Waals surface area (Å²) >= 11 is 0. The highest BCUT2D eigenvalue weighted by atomic mass is 16.7. The van der Waals surface area contributed by atoms with Gasteiger partial charge in [-0.3, -0.25) is 4.79 Å². The summed E-state index contributed by atoms with van der Waals surface area (Å²) in [6.45, 7) is 12.1. The van der Waals surface area contributed by atoms with E-state index in [4.69, 9.17) is 14.2 Å². The Kier molecular flexibility index (Phi) is 5.84. The predicted molar refractivity (Wildman–Crippen MR) is 136 cm³/mol. The smallest absolute Gasteiger partial charge is 0.302 e. The average molecular weight is 521 g/mol. The third kappa shape index (κ3) is 3.46. The lowest BCUT2D eigenvalue weighted by Crippen LogP contribution is -2.62. The summed E-state index contributed by atoms with van der Waals surface area (Å²) in [6.07, 6.45) is 6.21. The second-order valence-electron chi connectivity index (χ2n) is 14.9. The Morgan fingerprint density at radius 2 is 1.76 bits per heavy atom. The van der Waals surface area contributed by atoms with Gasteiger partial charge in [0, 0.05) is 19.3 Å². The van der Waals surface area contributed by atoms with E-state index >= 15 is 0 Å². The van der Waals surface area contributed by atoms with Crippen LogP contribution in [0.5, 0.6) is 0 Å². The number of carbonyl (C=O) groups excluding carboxylic acids is 1. The van der Waals surface area contributed by atoms with Crippen LogP contribution in [-0.2, 0) is 19.0 Å². The van der Waals surface area contributed by atoms with E-state index in [0.717, 1.165) is 38.5 Å². The summed E-state index contributed by atoms with van der Waals surface area (Å²) in [6, 6.07) is 0. The summed E-state index contributed by atoms with van der Waals surface area (Å²) in [5.41, 5.74) is -2.15. The van der Waals surface area contributed by atoms with Crippen LogP contribution in [0, 0.1) is 46.3 Å². The van der Waals surface area contributed by atoms with Gasteiger partial charge in [0.2, 0.25) is 0 Å². The fourth-order valence-corrected chi connectivity index (χ4v) is 11.0. The van der Waals surface area contributed by atoms with Crippen LogP contribution in [0.1, 0.15) is 92.9 Å². The lowest BCUT2D eigenvalue weighted by atomic mass is 9.43. The van der Waals surface area contributed by atoms with E-state index in [1.54, 1.807) is 0 Å². The van der Waals surface area contributed by atoms with Gasteiger partial charge in [0.1, 0.15) is 17.8 Å². The third-order valence-corrected chi connectivity index (χ3v) is 12.9. The Labute approximate surface area is 221 Å². The van der Waals surface area contributed by atoms with Crippen LogP contribution in [0.15, 0.2) is 0 Å². The first-order valence-electron chi connectivity index (χ1n) is 14.8. The molecule has 0 unspecified atom stereocenters. The van der Waals surface area contributed by atoms with Crippen LogP contribution in [0.2, 0.25) is 0 Å². The number of aliphatic hydroxyl groups excluding tert-OH is 2. The number of hydrogen-bond donors (Lipinski definition) is 3. The van der Waals surface area contributed by atoms with Crippen LogP contribution in [0.4, 0.5) is 0 Å². The van der Waals surface area contributed by atoms with Gasteiger partial charge in [-0.25, -0.2) is 0 Å². The topological polar surface area (TPSA) is 105 Å². The van der Waals surface area contributed by atoms with E-state index in [2.05, 4.69) is 20.8 Å². The molecular weight excluding hydrogens is 472 g/mol. The number of fused-ring (bicyclic) bond motifs is 7. The van der Waals surface area contributed by atoms with Gasteiger partial charge in [-0.1, -0.05) is 20.8 Å². The van der Waals surface area contributed by atoms with E-state index in [1.807, 2.05) is 13.8 Å². The van der Waals surface area contributed by atoms with Crippen molar-refractivity contribution in [2.24, 2.45) is 46.3 Å². The van der Waals surface area contributed by atoms with E-state index in [-0.39, 0.29) is 53.4 Å². The van der Waals surface area contributed by atoms with Crippen molar-refractivity contribution >= 4 is 5.97 Å². The molecule has 4 aliphatic carbocycles. The SMILES string of the molecule is CC(=O)OC[C@]1(C)O[C@]2(C[C@@H]1C)O[C@H]1C[C@H]3[C@@H]4CC[C@H]5C[C@H](O)CC[C@]5(C)[C@H]4[C@@H](O)C[C@]3(C)[C@H]1[C@@]2(C)O. The molecule has 14 atom stereocenters. The summed E-state index contributed by atoms with van der Waals surface area (Å²) in [5, 5.41) is 34.5. The molecule has 0 amide bonds. The zero-order chi connectivity index (χ0) is 26.8. The van der Waals surface area contributed by atoms with E-state index in [0.29, 0.717) is 30.6 Å². The van der Waals surface area contributed by atoms with Crippen LogP contribution in [0.3, 0.4) is 0 Å². The fourth-order valence-electron chi connectivity index (χ4n) is 11.0. The number of aliphatic hydroxyl groups is 3. The largest absolute Gasteiger partial charge is 0.463 e. The minimum atomic E-state index is -1.23. The molecule has 2 aliphatic heterocycles. The molecular formula is C30H48O7. The first kappa shape index (κ1) is 26.5. The molecule has 3 N–H and O–H groups in total. The second kappa shape index (κ2) is 8.15. The highest BCUT2D eigenvalue weighted by Crippen LogP contribution is 2.72. The molecule has 37 heavy (non-hydrogen) atoms. The Hall–Kier alpha value is -0.730. The van der Waals surface area contributed by atoms with Crippen molar-refractivity contribution in [3.63, 3.8) is 0 Å². The molecule has 2 heterocycles. The number of rotatable bonds is 2. The van der Waals surface area contributed by atoms with Crippen molar-refractivity contribution in [1.29, 1.82) is 0 Å². The number of hydrogen-bond acceptors (Lipinski definition) is 7. The Morgan fingerprint density at radius 3 is 2.46 bits per heavy atom. The van der Waals surface area contributed by atoms with E-state index in [1.165, 1.54) is 6.92 Å². The van der Waals surface area contributed by atoms with Crippen molar-refractivity contribution in [3.8, 4) is 0 Å². The number of ether oxygens (including phenoxy) is 3. The standard InChI is InChI=1S/C30H48O7/c1-16-13-30(37-28(16,5)15-35-17(2)31)29(6,34)25-23(36-30)12-21-20-8-7-18-11-19(32)9-10-26(18,3)24(20)22(33)14-27(21,25)4/h16,18-25,32-34H,7-15H2,1-6H3/t16-,18-,19+,20-,21-,22-,23-,24+,25-,26-,27-,28-,29+,30-/m0/s1. The molecule has 6 aliphatic rings. The second-order valence-corrected chi connectivity index (χ2v) is 14.9. The van der Waals surface area contributed by atoms with Crippen molar-refractivity contribution < 1.29 is 34.3 Å². The van der Waals surface area contributed by atoms with Crippen LogP contribution >= 0.6 is 0 Å².